The van der Waals surface area contributed by atoms with E-state index in [0.717, 1.165) is 23.7 Å². The lowest BCUT2D eigenvalue weighted by Crippen LogP contribution is -2.11. The third-order valence-corrected chi connectivity index (χ3v) is 3.05. The summed E-state index contributed by atoms with van der Waals surface area (Å²) in [6.45, 7) is 5.02. The fourth-order valence-electron chi connectivity index (χ4n) is 1.81. The molecule has 0 spiro atoms. The SMILES string of the molecule is CCn1ncnc1COc1ccc(Cl)cc1C(C)N. The van der Waals surface area contributed by atoms with Crippen LogP contribution in [0.3, 0.4) is 0 Å². The van der Waals surface area contributed by atoms with Crippen LogP contribution in [0.25, 0.3) is 0 Å². The Balaban J connectivity index is 2.15. The van der Waals surface area contributed by atoms with Crippen LogP contribution >= 0.6 is 11.6 Å². The van der Waals surface area contributed by atoms with Crippen molar-refractivity contribution in [3.63, 3.8) is 0 Å². The standard InChI is InChI=1S/C13H17ClN4O/c1-3-18-13(16-8-17-18)7-19-12-5-4-10(14)6-11(12)9(2)15/h4-6,8-9H,3,7,15H2,1-2H3. The van der Waals surface area contributed by atoms with Gasteiger partial charge in [-0.1, -0.05) is 11.6 Å². The second-order valence-electron chi connectivity index (χ2n) is 4.25. The summed E-state index contributed by atoms with van der Waals surface area (Å²) in [5.41, 5.74) is 6.80. The third-order valence-electron chi connectivity index (χ3n) is 2.81. The van der Waals surface area contributed by atoms with Crippen molar-refractivity contribution in [1.29, 1.82) is 0 Å². The molecule has 0 saturated carbocycles. The van der Waals surface area contributed by atoms with Gasteiger partial charge in [0.1, 0.15) is 18.7 Å². The van der Waals surface area contributed by atoms with Crippen LogP contribution in [0.5, 0.6) is 5.75 Å². The van der Waals surface area contributed by atoms with Gasteiger partial charge in [-0.05, 0) is 32.0 Å². The lowest BCUT2D eigenvalue weighted by atomic mass is 10.1. The van der Waals surface area contributed by atoms with Gasteiger partial charge in [-0.25, -0.2) is 9.67 Å². The highest BCUT2D eigenvalue weighted by Gasteiger charge is 2.10. The second-order valence-corrected chi connectivity index (χ2v) is 4.69. The number of nitrogens with zero attached hydrogens (tertiary/aromatic N) is 3. The van der Waals surface area contributed by atoms with E-state index in [9.17, 15) is 0 Å². The van der Waals surface area contributed by atoms with Crippen molar-refractivity contribution in [3.05, 3.63) is 40.9 Å². The van der Waals surface area contributed by atoms with Crippen molar-refractivity contribution < 1.29 is 4.74 Å². The minimum absolute atomic E-state index is 0.141. The molecule has 0 bridgehead atoms. The molecule has 2 rings (SSSR count). The molecule has 6 heteroatoms. The quantitative estimate of drug-likeness (QED) is 0.914. The molecule has 0 saturated heterocycles. The average molecular weight is 281 g/mol. The number of aryl methyl sites for hydroxylation is 1. The summed E-state index contributed by atoms with van der Waals surface area (Å²) >= 11 is 5.97. The zero-order valence-corrected chi connectivity index (χ0v) is 11.8. The van der Waals surface area contributed by atoms with E-state index in [-0.39, 0.29) is 6.04 Å². The summed E-state index contributed by atoms with van der Waals surface area (Å²) < 4.78 is 7.57. The van der Waals surface area contributed by atoms with Gasteiger partial charge >= 0.3 is 0 Å². The van der Waals surface area contributed by atoms with Crippen molar-refractivity contribution in [2.75, 3.05) is 0 Å². The van der Waals surface area contributed by atoms with Crippen molar-refractivity contribution in [3.8, 4) is 5.75 Å². The summed E-state index contributed by atoms with van der Waals surface area (Å²) in [5, 5.41) is 4.75. The van der Waals surface area contributed by atoms with E-state index < -0.39 is 0 Å². The highest BCUT2D eigenvalue weighted by atomic mass is 35.5. The maximum atomic E-state index is 5.97. The van der Waals surface area contributed by atoms with E-state index in [4.69, 9.17) is 22.1 Å². The number of halogens is 1. The van der Waals surface area contributed by atoms with Gasteiger partial charge in [-0.2, -0.15) is 5.10 Å². The summed E-state index contributed by atoms with van der Waals surface area (Å²) in [7, 11) is 0. The number of hydrogen-bond acceptors (Lipinski definition) is 4. The van der Waals surface area contributed by atoms with Crippen LogP contribution in [-0.2, 0) is 13.2 Å². The normalized spacial score (nSPS) is 12.4. The Kier molecular flexibility index (Phi) is 4.39. The first kappa shape index (κ1) is 13.8. The highest BCUT2D eigenvalue weighted by molar-refractivity contribution is 6.30. The Morgan fingerprint density at radius 3 is 2.95 bits per heavy atom. The molecule has 102 valence electrons. The highest BCUT2D eigenvalue weighted by Crippen LogP contribution is 2.27. The van der Waals surface area contributed by atoms with Crippen LogP contribution < -0.4 is 10.5 Å². The van der Waals surface area contributed by atoms with Gasteiger partial charge in [-0.15, -0.1) is 0 Å². The Morgan fingerprint density at radius 2 is 2.26 bits per heavy atom. The lowest BCUT2D eigenvalue weighted by Gasteiger charge is -2.14. The average Bonchev–Trinajstić information content (AvgIpc) is 2.84. The zero-order chi connectivity index (χ0) is 13.8. The topological polar surface area (TPSA) is 66.0 Å². The van der Waals surface area contributed by atoms with Crippen molar-refractivity contribution in [2.45, 2.75) is 33.0 Å². The molecule has 1 aromatic heterocycles. The molecule has 0 aliphatic rings. The Morgan fingerprint density at radius 1 is 1.47 bits per heavy atom. The van der Waals surface area contributed by atoms with Gasteiger partial charge in [-0.3, -0.25) is 0 Å². The molecule has 0 radical (unpaired) electrons. The molecule has 19 heavy (non-hydrogen) atoms. The number of ether oxygens (including phenoxy) is 1. The molecule has 0 aliphatic heterocycles. The molecule has 0 fully saturated rings. The van der Waals surface area contributed by atoms with Crippen LogP contribution in [0.15, 0.2) is 24.5 Å². The largest absolute Gasteiger partial charge is 0.485 e. The number of hydrogen-bond donors (Lipinski definition) is 1. The van der Waals surface area contributed by atoms with E-state index in [1.807, 2.05) is 26.0 Å². The van der Waals surface area contributed by atoms with E-state index in [1.54, 1.807) is 10.7 Å². The number of benzene rings is 1. The van der Waals surface area contributed by atoms with Gasteiger partial charge < -0.3 is 10.5 Å². The van der Waals surface area contributed by atoms with E-state index in [0.29, 0.717) is 11.6 Å². The first-order valence-corrected chi connectivity index (χ1v) is 6.54. The monoisotopic (exact) mass is 280 g/mol. The van der Waals surface area contributed by atoms with Crippen LogP contribution in [-0.4, -0.2) is 14.8 Å². The van der Waals surface area contributed by atoms with E-state index in [2.05, 4.69) is 10.1 Å². The Hall–Kier alpha value is -1.59. The maximum Gasteiger partial charge on any atom is 0.164 e. The molecule has 1 unspecified atom stereocenters. The van der Waals surface area contributed by atoms with Gasteiger partial charge in [0.15, 0.2) is 5.82 Å². The summed E-state index contributed by atoms with van der Waals surface area (Å²) in [6.07, 6.45) is 1.52. The molecule has 1 atom stereocenters. The predicted molar refractivity (Wildman–Crippen MR) is 74.1 cm³/mol. The fourth-order valence-corrected chi connectivity index (χ4v) is 1.99. The Labute approximate surface area is 117 Å². The maximum absolute atomic E-state index is 5.97. The molecule has 0 aliphatic carbocycles. The molecule has 2 aromatic rings. The van der Waals surface area contributed by atoms with E-state index >= 15 is 0 Å². The zero-order valence-electron chi connectivity index (χ0n) is 11.0. The lowest BCUT2D eigenvalue weighted by molar-refractivity contribution is 0.283. The van der Waals surface area contributed by atoms with Gasteiger partial charge in [0.25, 0.3) is 0 Å². The number of nitrogens with two attached hydrogens (primary N) is 1. The summed E-state index contributed by atoms with van der Waals surface area (Å²) in [4.78, 5) is 4.16. The van der Waals surface area contributed by atoms with Gasteiger partial charge in [0.05, 0.1) is 0 Å². The molecule has 0 amide bonds. The summed E-state index contributed by atoms with van der Waals surface area (Å²) in [5.74, 6) is 1.51. The molecule has 2 N–H and O–H groups in total. The van der Waals surface area contributed by atoms with Crippen molar-refractivity contribution in [2.24, 2.45) is 5.73 Å². The fraction of sp³-hybridized carbons (Fsp3) is 0.385. The molecular formula is C13H17ClN4O. The van der Waals surface area contributed by atoms with Gasteiger partial charge in [0.2, 0.25) is 0 Å². The first-order chi connectivity index (χ1) is 9.11. The van der Waals surface area contributed by atoms with Gasteiger partial charge in [0, 0.05) is 23.2 Å². The first-order valence-electron chi connectivity index (χ1n) is 6.16. The van der Waals surface area contributed by atoms with Crippen LogP contribution in [0.4, 0.5) is 0 Å². The molecule has 5 nitrogen and oxygen atoms in total. The minimum atomic E-state index is -0.141. The van der Waals surface area contributed by atoms with Crippen LogP contribution in [0.2, 0.25) is 5.02 Å². The summed E-state index contributed by atoms with van der Waals surface area (Å²) in [6, 6.07) is 5.30. The minimum Gasteiger partial charge on any atom is -0.485 e. The van der Waals surface area contributed by atoms with Crippen LogP contribution in [0, 0.1) is 0 Å². The van der Waals surface area contributed by atoms with Crippen molar-refractivity contribution >= 4 is 11.6 Å². The van der Waals surface area contributed by atoms with Crippen molar-refractivity contribution in [1.82, 2.24) is 14.8 Å². The van der Waals surface area contributed by atoms with E-state index in [1.165, 1.54) is 6.33 Å². The number of aromatic nitrogens is 3. The second kappa shape index (κ2) is 6.04. The smallest absolute Gasteiger partial charge is 0.164 e. The van der Waals surface area contributed by atoms with Crippen LogP contribution in [0.1, 0.15) is 31.3 Å². The molecular weight excluding hydrogens is 264 g/mol. The molecule has 1 heterocycles. The number of rotatable bonds is 5. The Bertz CT molecular complexity index is 553. The molecule has 1 aromatic carbocycles. The third kappa shape index (κ3) is 3.24. The predicted octanol–water partition coefficient (Wildman–Crippen LogP) is 2.55.